The van der Waals surface area contributed by atoms with Crippen LogP contribution in [0.2, 0.25) is 0 Å². The number of hydrogen-bond donors (Lipinski definition) is 1. The summed E-state index contributed by atoms with van der Waals surface area (Å²) in [6.07, 6.45) is 1.24. The molecular formula is C19H20N4O3S. The third-order valence-electron chi connectivity index (χ3n) is 4.28. The maximum atomic E-state index is 12.4. The molecule has 0 saturated carbocycles. The summed E-state index contributed by atoms with van der Waals surface area (Å²) >= 11 is 1.16. The molecule has 0 bridgehead atoms. The van der Waals surface area contributed by atoms with E-state index in [0.717, 1.165) is 22.5 Å². The highest BCUT2D eigenvalue weighted by Gasteiger charge is 2.26. The molecule has 7 nitrogen and oxygen atoms in total. The number of carbonyl (C=O) groups is 3. The molecule has 8 heteroatoms. The summed E-state index contributed by atoms with van der Waals surface area (Å²) in [7, 11) is 3.34. The van der Waals surface area contributed by atoms with Gasteiger partial charge in [-0.25, -0.2) is 0 Å². The SMILES string of the molecule is CN(C)C(=O)Cc1nnc(NC(=O)CC2=C(c3ccccc3)CCC2=O)s1. The summed E-state index contributed by atoms with van der Waals surface area (Å²) in [4.78, 5) is 37.8. The Labute approximate surface area is 161 Å². The molecule has 140 valence electrons. The van der Waals surface area contributed by atoms with Gasteiger partial charge in [-0.1, -0.05) is 41.7 Å². The summed E-state index contributed by atoms with van der Waals surface area (Å²) in [6, 6.07) is 9.65. The predicted molar refractivity (Wildman–Crippen MR) is 103 cm³/mol. The van der Waals surface area contributed by atoms with Crippen molar-refractivity contribution >= 4 is 39.6 Å². The van der Waals surface area contributed by atoms with Gasteiger partial charge < -0.3 is 10.2 Å². The minimum Gasteiger partial charge on any atom is -0.348 e. The molecule has 1 aromatic carbocycles. The van der Waals surface area contributed by atoms with Crippen molar-refractivity contribution in [2.75, 3.05) is 19.4 Å². The summed E-state index contributed by atoms with van der Waals surface area (Å²) in [5.41, 5.74) is 2.48. The van der Waals surface area contributed by atoms with E-state index in [2.05, 4.69) is 15.5 Å². The zero-order valence-corrected chi connectivity index (χ0v) is 16.0. The van der Waals surface area contributed by atoms with E-state index >= 15 is 0 Å². The molecule has 0 unspecified atom stereocenters. The quantitative estimate of drug-likeness (QED) is 0.825. The first-order valence-corrected chi connectivity index (χ1v) is 9.38. The average molecular weight is 384 g/mol. The van der Waals surface area contributed by atoms with Gasteiger partial charge in [-0.2, -0.15) is 0 Å². The second-order valence-corrected chi connectivity index (χ2v) is 7.50. The van der Waals surface area contributed by atoms with E-state index in [0.29, 0.717) is 28.6 Å². The Morgan fingerprint density at radius 3 is 2.56 bits per heavy atom. The molecule has 1 N–H and O–H groups in total. The van der Waals surface area contributed by atoms with E-state index in [1.54, 1.807) is 14.1 Å². The van der Waals surface area contributed by atoms with E-state index in [9.17, 15) is 14.4 Å². The van der Waals surface area contributed by atoms with Crippen LogP contribution in [-0.2, 0) is 20.8 Å². The molecule has 3 rings (SSSR count). The second kappa shape index (κ2) is 8.22. The van der Waals surface area contributed by atoms with Gasteiger partial charge in [0.15, 0.2) is 5.78 Å². The highest BCUT2D eigenvalue weighted by Crippen LogP contribution is 2.33. The average Bonchev–Trinajstić information content (AvgIpc) is 3.22. The number of allylic oxidation sites excluding steroid dienone is 1. The normalized spacial score (nSPS) is 13.8. The van der Waals surface area contributed by atoms with Crippen molar-refractivity contribution in [1.82, 2.24) is 15.1 Å². The topological polar surface area (TPSA) is 92.3 Å². The molecule has 2 aromatic rings. The van der Waals surface area contributed by atoms with Gasteiger partial charge in [0.2, 0.25) is 16.9 Å². The Bertz CT molecular complexity index is 903. The maximum Gasteiger partial charge on any atom is 0.230 e. The Hall–Kier alpha value is -2.87. The molecule has 1 aliphatic carbocycles. The molecule has 0 fully saturated rings. The number of Topliss-reactive ketones (excluding diaryl/α,β-unsaturated/α-hetero) is 1. The zero-order valence-electron chi connectivity index (χ0n) is 15.2. The van der Waals surface area contributed by atoms with Gasteiger partial charge in [0.25, 0.3) is 0 Å². The molecular weight excluding hydrogens is 364 g/mol. The highest BCUT2D eigenvalue weighted by molar-refractivity contribution is 7.15. The van der Waals surface area contributed by atoms with Crippen molar-refractivity contribution in [1.29, 1.82) is 0 Å². The van der Waals surface area contributed by atoms with Crippen molar-refractivity contribution in [3.05, 3.63) is 46.5 Å². The second-order valence-electron chi connectivity index (χ2n) is 6.44. The van der Waals surface area contributed by atoms with Crippen molar-refractivity contribution in [3.8, 4) is 0 Å². The van der Waals surface area contributed by atoms with E-state index in [-0.39, 0.29) is 30.4 Å². The number of amides is 2. The van der Waals surface area contributed by atoms with Crippen molar-refractivity contribution in [3.63, 3.8) is 0 Å². The van der Waals surface area contributed by atoms with Crippen LogP contribution in [-0.4, -0.2) is 46.8 Å². The number of hydrogen-bond acceptors (Lipinski definition) is 6. The van der Waals surface area contributed by atoms with Gasteiger partial charge in [0.1, 0.15) is 5.01 Å². The molecule has 0 atom stereocenters. The predicted octanol–water partition coefficient (Wildman–Crippen LogP) is 2.31. The van der Waals surface area contributed by atoms with Crippen molar-refractivity contribution in [2.24, 2.45) is 0 Å². The Morgan fingerprint density at radius 2 is 1.85 bits per heavy atom. The largest absolute Gasteiger partial charge is 0.348 e. The fourth-order valence-electron chi connectivity index (χ4n) is 2.86. The summed E-state index contributed by atoms with van der Waals surface area (Å²) in [6.45, 7) is 0. The van der Waals surface area contributed by atoms with Crippen molar-refractivity contribution in [2.45, 2.75) is 25.7 Å². The van der Waals surface area contributed by atoms with Gasteiger partial charge in [0.05, 0.1) is 12.8 Å². The smallest absolute Gasteiger partial charge is 0.230 e. The Morgan fingerprint density at radius 1 is 1.11 bits per heavy atom. The number of carbonyl (C=O) groups excluding carboxylic acids is 3. The van der Waals surface area contributed by atoms with Crippen LogP contribution in [0.3, 0.4) is 0 Å². The maximum absolute atomic E-state index is 12.4. The van der Waals surface area contributed by atoms with Gasteiger partial charge in [-0.15, -0.1) is 10.2 Å². The van der Waals surface area contributed by atoms with Crippen molar-refractivity contribution < 1.29 is 14.4 Å². The minimum absolute atomic E-state index is 0.00853. The number of aromatic nitrogens is 2. The van der Waals surface area contributed by atoms with Gasteiger partial charge in [-0.05, 0) is 17.6 Å². The standard InChI is InChI=1S/C19H20N4O3S/c1-23(2)18(26)11-17-21-22-19(27-17)20-16(25)10-14-13(8-9-15(14)24)12-6-4-3-5-7-12/h3-7H,8-11H2,1-2H3,(H,20,22,25). The Kier molecular flexibility index (Phi) is 5.75. The monoisotopic (exact) mass is 384 g/mol. The molecule has 27 heavy (non-hydrogen) atoms. The van der Waals surface area contributed by atoms with Gasteiger partial charge >= 0.3 is 0 Å². The van der Waals surface area contributed by atoms with Crippen LogP contribution >= 0.6 is 11.3 Å². The fourth-order valence-corrected chi connectivity index (χ4v) is 3.61. The van der Waals surface area contributed by atoms with Gasteiger partial charge in [-0.3, -0.25) is 14.4 Å². The van der Waals surface area contributed by atoms with Crippen LogP contribution < -0.4 is 5.32 Å². The molecule has 2 amide bonds. The lowest BCUT2D eigenvalue weighted by Gasteiger charge is -2.07. The summed E-state index contributed by atoms with van der Waals surface area (Å²) in [5.74, 6) is -0.382. The third-order valence-corrected chi connectivity index (χ3v) is 5.12. The first-order chi connectivity index (χ1) is 12.9. The van der Waals surface area contributed by atoms with Crippen LogP contribution in [0.4, 0.5) is 5.13 Å². The highest BCUT2D eigenvalue weighted by atomic mass is 32.1. The lowest BCUT2D eigenvalue weighted by atomic mass is 10.00. The van der Waals surface area contributed by atoms with Crippen LogP contribution in [0.15, 0.2) is 35.9 Å². The molecule has 1 heterocycles. The number of likely N-dealkylation sites (N-methyl/N-ethyl adjacent to an activating group) is 1. The molecule has 0 spiro atoms. The molecule has 0 saturated heterocycles. The molecule has 0 radical (unpaired) electrons. The summed E-state index contributed by atoms with van der Waals surface area (Å²) in [5, 5.41) is 11.4. The van der Waals surface area contributed by atoms with Crippen LogP contribution in [0, 0.1) is 0 Å². The lowest BCUT2D eigenvalue weighted by molar-refractivity contribution is -0.128. The van der Waals surface area contributed by atoms with E-state index in [1.165, 1.54) is 4.90 Å². The van der Waals surface area contributed by atoms with Crippen LogP contribution in [0.1, 0.15) is 29.8 Å². The minimum atomic E-state index is -0.310. The number of ketones is 1. The van der Waals surface area contributed by atoms with E-state index in [1.807, 2.05) is 30.3 Å². The van der Waals surface area contributed by atoms with Crippen LogP contribution in [0.25, 0.3) is 5.57 Å². The molecule has 0 aliphatic heterocycles. The number of nitrogens with one attached hydrogen (secondary N) is 1. The molecule has 1 aliphatic rings. The number of benzene rings is 1. The fraction of sp³-hybridized carbons (Fsp3) is 0.316. The lowest BCUT2D eigenvalue weighted by Crippen LogP contribution is -2.23. The first-order valence-electron chi connectivity index (χ1n) is 8.57. The number of anilines is 1. The van der Waals surface area contributed by atoms with Gasteiger partial charge in [0, 0.05) is 26.1 Å². The van der Waals surface area contributed by atoms with E-state index in [4.69, 9.17) is 0 Å². The number of rotatable bonds is 6. The number of nitrogens with zero attached hydrogens (tertiary/aromatic N) is 3. The van der Waals surface area contributed by atoms with E-state index < -0.39 is 0 Å². The summed E-state index contributed by atoms with van der Waals surface area (Å²) < 4.78 is 0. The third kappa shape index (κ3) is 4.65. The van der Waals surface area contributed by atoms with Crippen LogP contribution in [0.5, 0.6) is 0 Å². The molecule has 1 aromatic heterocycles. The zero-order chi connectivity index (χ0) is 19.4. The Balaban J connectivity index is 1.67. The first kappa shape index (κ1) is 18.9.